The Labute approximate surface area is 171 Å². The topological polar surface area (TPSA) is 105 Å². The van der Waals surface area contributed by atoms with Crippen molar-refractivity contribution in [2.45, 2.75) is 13.5 Å². The second-order valence-corrected chi connectivity index (χ2v) is 6.40. The first kappa shape index (κ1) is 19.3. The fourth-order valence-electron chi connectivity index (χ4n) is 3.03. The number of halogens is 1. The number of imidazole rings is 1. The third-order valence-electron chi connectivity index (χ3n) is 4.40. The van der Waals surface area contributed by atoms with E-state index in [-0.39, 0.29) is 18.5 Å². The molecule has 0 atom stereocenters. The lowest BCUT2D eigenvalue weighted by molar-refractivity contribution is -0.142. The van der Waals surface area contributed by atoms with Gasteiger partial charge in [-0.05, 0) is 35.9 Å². The Morgan fingerprint density at radius 3 is 2.63 bits per heavy atom. The van der Waals surface area contributed by atoms with Crippen molar-refractivity contribution in [3.8, 4) is 23.0 Å². The van der Waals surface area contributed by atoms with Crippen molar-refractivity contribution in [1.29, 1.82) is 0 Å². The lowest BCUT2D eigenvalue weighted by Gasteiger charge is -2.11. The number of anilines is 1. The largest absolute Gasteiger partial charge is 0.461 e. The first-order valence-electron chi connectivity index (χ1n) is 9.08. The Morgan fingerprint density at radius 1 is 1.13 bits per heavy atom. The molecule has 0 bridgehead atoms. The monoisotopic (exact) mass is 407 g/mol. The van der Waals surface area contributed by atoms with Crippen LogP contribution < -0.4 is 10.5 Å². The maximum Gasteiger partial charge on any atom is 0.302 e. The second-order valence-electron chi connectivity index (χ2n) is 6.40. The van der Waals surface area contributed by atoms with Crippen molar-refractivity contribution >= 4 is 23.0 Å². The number of hydrogen-bond donors (Lipinski definition) is 1. The van der Waals surface area contributed by atoms with Gasteiger partial charge in [-0.1, -0.05) is 12.1 Å². The summed E-state index contributed by atoms with van der Waals surface area (Å²) in [5.41, 5.74) is 9.35. The number of hydrogen-bond acceptors (Lipinski definition) is 7. The van der Waals surface area contributed by atoms with E-state index >= 15 is 0 Å². The normalized spacial score (nSPS) is 10.9. The number of fused-ring (bicyclic) bond motifs is 1. The van der Waals surface area contributed by atoms with Crippen LogP contribution in [0.25, 0.3) is 28.2 Å². The highest BCUT2D eigenvalue weighted by molar-refractivity contribution is 5.83. The molecule has 3 aromatic heterocycles. The van der Waals surface area contributed by atoms with Gasteiger partial charge in [0.15, 0.2) is 11.5 Å². The number of nitrogens with two attached hydrogens (primary N) is 1. The Bertz CT molecular complexity index is 1210. The summed E-state index contributed by atoms with van der Waals surface area (Å²) >= 11 is 0. The minimum atomic E-state index is -0.986. The number of rotatable bonds is 6. The maximum absolute atomic E-state index is 12.7. The van der Waals surface area contributed by atoms with E-state index < -0.39 is 6.86 Å². The van der Waals surface area contributed by atoms with Crippen molar-refractivity contribution in [1.82, 2.24) is 19.5 Å². The Hall–Kier alpha value is -4.01. The summed E-state index contributed by atoms with van der Waals surface area (Å²) < 4.78 is 24.4. The van der Waals surface area contributed by atoms with Gasteiger partial charge in [-0.3, -0.25) is 9.36 Å². The molecule has 0 aliphatic heterocycles. The molecule has 2 N–H and O–H groups in total. The van der Waals surface area contributed by atoms with Crippen LogP contribution in [-0.2, 0) is 16.1 Å². The van der Waals surface area contributed by atoms with Gasteiger partial charge in [0.2, 0.25) is 12.7 Å². The minimum Gasteiger partial charge on any atom is -0.461 e. The molecule has 3 heterocycles. The van der Waals surface area contributed by atoms with Crippen molar-refractivity contribution < 1.29 is 18.7 Å². The van der Waals surface area contributed by atoms with Gasteiger partial charge in [0.25, 0.3) is 0 Å². The van der Waals surface area contributed by atoms with Crippen LogP contribution in [-0.4, -0.2) is 32.3 Å². The fourth-order valence-corrected chi connectivity index (χ4v) is 3.03. The molecule has 152 valence electrons. The van der Waals surface area contributed by atoms with Crippen molar-refractivity contribution in [2.75, 3.05) is 12.6 Å². The first-order chi connectivity index (χ1) is 14.6. The average Bonchev–Trinajstić information content (AvgIpc) is 3.11. The van der Waals surface area contributed by atoms with Crippen LogP contribution in [0.2, 0.25) is 0 Å². The number of carbonyl (C=O) groups is 1. The van der Waals surface area contributed by atoms with Gasteiger partial charge in [0.1, 0.15) is 17.9 Å². The van der Waals surface area contributed by atoms with E-state index in [2.05, 4.69) is 15.0 Å². The molecule has 0 fully saturated rings. The van der Waals surface area contributed by atoms with Gasteiger partial charge in [0.05, 0.1) is 5.56 Å². The molecule has 0 aliphatic carbocycles. The number of pyridine rings is 2. The van der Waals surface area contributed by atoms with Crippen LogP contribution in [0.5, 0.6) is 5.88 Å². The molecule has 0 spiro atoms. The summed E-state index contributed by atoms with van der Waals surface area (Å²) in [6.45, 7) is 0.550. The highest BCUT2D eigenvalue weighted by Crippen LogP contribution is 2.31. The number of nitrogen functional groups attached to an aromatic ring is 1. The van der Waals surface area contributed by atoms with E-state index in [1.165, 1.54) is 6.92 Å². The van der Waals surface area contributed by atoms with Crippen LogP contribution in [0.1, 0.15) is 12.5 Å². The summed E-state index contributed by atoms with van der Waals surface area (Å²) in [6.07, 6.45) is 1.60. The van der Waals surface area contributed by atoms with Crippen LogP contribution in [0.3, 0.4) is 0 Å². The number of esters is 1. The molecule has 0 unspecified atom stereocenters. The third kappa shape index (κ3) is 3.77. The highest BCUT2D eigenvalue weighted by Gasteiger charge is 2.18. The third-order valence-corrected chi connectivity index (χ3v) is 4.40. The van der Waals surface area contributed by atoms with Gasteiger partial charge in [0, 0.05) is 24.9 Å². The quantitative estimate of drug-likeness (QED) is 0.488. The molecule has 0 amide bonds. The molecular weight excluding hydrogens is 389 g/mol. The van der Waals surface area contributed by atoms with Crippen LogP contribution in [0.4, 0.5) is 10.2 Å². The number of alkyl halides is 1. The summed E-state index contributed by atoms with van der Waals surface area (Å²) in [6, 6.07) is 14.2. The zero-order valence-electron chi connectivity index (χ0n) is 16.1. The molecule has 1 aromatic carbocycles. The van der Waals surface area contributed by atoms with Gasteiger partial charge < -0.3 is 15.2 Å². The predicted octanol–water partition coefficient (Wildman–Crippen LogP) is 3.43. The van der Waals surface area contributed by atoms with E-state index in [4.69, 9.17) is 15.2 Å². The number of nitrogens with zero attached hydrogens (tertiary/aromatic N) is 4. The maximum atomic E-state index is 12.7. The predicted molar refractivity (Wildman–Crippen MR) is 109 cm³/mol. The highest BCUT2D eigenvalue weighted by atomic mass is 19.1. The molecule has 9 heteroatoms. The SMILES string of the molecule is CC(=O)OCc1ccc(-n2c(-c3cccnc3N)nc3ccc(OCF)nc32)cc1. The van der Waals surface area contributed by atoms with E-state index in [0.717, 1.165) is 11.3 Å². The molecular formula is C21H18FN5O3. The smallest absolute Gasteiger partial charge is 0.302 e. The lowest BCUT2D eigenvalue weighted by atomic mass is 10.2. The summed E-state index contributed by atoms with van der Waals surface area (Å²) in [4.78, 5) is 24.3. The summed E-state index contributed by atoms with van der Waals surface area (Å²) in [5, 5.41) is 0. The Balaban J connectivity index is 1.87. The van der Waals surface area contributed by atoms with Gasteiger partial charge in [-0.15, -0.1) is 0 Å². The molecule has 0 saturated carbocycles. The van der Waals surface area contributed by atoms with Crippen molar-refractivity contribution in [3.63, 3.8) is 0 Å². The zero-order chi connectivity index (χ0) is 21.1. The molecule has 0 aliphatic rings. The van der Waals surface area contributed by atoms with E-state index in [1.54, 1.807) is 29.0 Å². The van der Waals surface area contributed by atoms with E-state index in [9.17, 15) is 9.18 Å². The van der Waals surface area contributed by atoms with E-state index in [1.807, 2.05) is 30.3 Å². The molecule has 4 rings (SSSR count). The molecule has 30 heavy (non-hydrogen) atoms. The number of aromatic nitrogens is 4. The van der Waals surface area contributed by atoms with Gasteiger partial charge in [-0.25, -0.2) is 14.4 Å². The van der Waals surface area contributed by atoms with Gasteiger partial charge >= 0.3 is 5.97 Å². The zero-order valence-corrected chi connectivity index (χ0v) is 16.1. The van der Waals surface area contributed by atoms with E-state index in [0.29, 0.717) is 28.4 Å². The van der Waals surface area contributed by atoms with Crippen LogP contribution in [0, 0.1) is 0 Å². The van der Waals surface area contributed by atoms with Gasteiger partial charge in [-0.2, -0.15) is 4.98 Å². The second kappa shape index (κ2) is 8.16. The van der Waals surface area contributed by atoms with Crippen LogP contribution >= 0.6 is 0 Å². The van der Waals surface area contributed by atoms with Crippen molar-refractivity contribution in [3.05, 3.63) is 60.3 Å². The first-order valence-corrected chi connectivity index (χ1v) is 9.08. The minimum absolute atomic E-state index is 0.142. The van der Waals surface area contributed by atoms with Crippen molar-refractivity contribution in [2.24, 2.45) is 0 Å². The Morgan fingerprint density at radius 2 is 1.93 bits per heavy atom. The lowest BCUT2D eigenvalue weighted by Crippen LogP contribution is -2.03. The number of ether oxygens (including phenoxy) is 2. The number of benzene rings is 1. The number of carbonyl (C=O) groups excluding carboxylic acids is 1. The molecule has 0 saturated heterocycles. The summed E-state index contributed by atoms with van der Waals surface area (Å²) in [7, 11) is 0. The standard InChI is InChI=1S/C21H18FN5O3/c1-13(28)29-11-14-4-6-15(7-5-14)27-20(16-3-2-10-24-19(16)23)25-17-8-9-18(30-12-22)26-21(17)27/h2-10H,11-12H2,1H3,(H2,23,24). The Kier molecular flexibility index (Phi) is 5.25. The molecule has 4 aromatic rings. The molecule has 0 radical (unpaired) electrons. The molecule has 8 nitrogen and oxygen atoms in total. The fraction of sp³-hybridized carbons (Fsp3) is 0.143. The van der Waals surface area contributed by atoms with Crippen LogP contribution in [0.15, 0.2) is 54.7 Å². The summed E-state index contributed by atoms with van der Waals surface area (Å²) in [5.74, 6) is 0.649. The average molecular weight is 407 g/mol.